The average Bonchev–Trinajstić information content (AvgIpc) is 3.27. The molecule has 0 aromatic heterocycles. The topological polar surface area (TPSA) is 74.6 Å². The maximum Gasteiger partial charge on any atom is 0.335 e. The Morgan fingerprint density at radius 3 is 1.31 bits per heavy atom. The summed E-state index contributed by atoms with van der Waals surface area (Å²) in [4.78, 5) is 23.6. The SMILES string of the molecule is O=C(O)c1ccc2c(C3(c4cccc5cc(C(=O)O)ccc45)c4ccccc4-c4ccccc43)cccc2c1. The van der Waals surface area contributed by atoms with Crippen LogP contribution in [0.1, 0.15) is 43.0 Å². The van der Waals surface area contributed by atoms with E-state index in [0.29, 0.717) is 0 Å². The van der Waals surface area contributed by atoms with Crippen molar-refractivity contribution in [1.29, 1.82) is 0 Å². The van der Waals surface area contributed by atoms with Gasteiger partial charge in [-0.05, 0) is 79.2 Å². The van der Waals surface area contributed by atoms with Crippen molar-refractivity contribution in [3.63, 3.8) is 0 Å². The summed E-state index contributed by atoms with van der Waals surface area (Å²) in [7, 11) is 0. The molecule has 0 bridgehead atoms. The zero-order chi connectivity index (χ0) is 26.7. The van der Waals surface area contributed by atoms with Gasteiger partial charge in [0.1, 0.15) is 0 Å². The van der Waals surface area contributed by atoms with Crippen molar-refractivity contribution in [2.45, 2.75) is 5.41 Å². The highest BCUT2D eigenvalue weighted by Crippen LogP contribution is 2.58. The Bertz CT molecular complexity index is 1840. The minimum Gasteiger partial charge on any atom is -0.478 e. The lowest BCUT2D eigenvalue weighted by atomic mass is 9.65. The first-order valence-electron chi connectivity index (χ1n) is 12.7. The Balaban J connectivity index is 1.68. The second kappa shape index (κ2) is 8.40. The molecule has 1 aliphatic carbocycles. The minimum absolute atomic E-state index is 0.243. The van der Waals surface area contributed by atoms with Gasteiger partial charge in [0.15, 0.2) is 0 Å². The van der Waals surface area contributed by atoms with E-state index in [1.54, 1.807) is 24.3 Å². The van der Waals surface area contributed by atoms with Gasteiger partial charge in [0.05, 0.1) is 16.5 Å². The molecule has 0 aliphatic heterocycles. The lowest BCUT2D eigenvalue weighted by Crippen LogP contribution is -2.29. The minimum atomic E-state index is -0.961. The summed E-state index contributed by atoms with van der Waals surface area (Å²) in [5.41, 5.74) is 6.42. The molecular weight excluding hydrogens is 484 g/mol. The van der Waals surface area contributed by atoms with E-state index in [2.05, 4.69) is 60.7 Å². The number of carboxylic acids is 2. The van der Waals surface area contributed by atoms with E-state index in [1.807, 2.05) is 36.4 Å². The van der Waals surface area contributed by atoms with E-state index in [4.69, 9.17) is 0 Å². The van der Waals surface area contributed by atoms with E-state index in [9.17, 15) is 19.8 Å². The van der Waals surface area contributed by atoms with Crippen LogP contribution in [0.25, 0.3) is 32.7 Å². The number of benzene rings is 6. The quantitative estimate of drug-likeness (QED) is 0.256. The van der Waals surface area contributed by atoms with Crippen LogP contribution in [0.3, 0.4) is 0 Å². The van der Waals surface area contributed by atoms with E-state index in [-0.39, 0.29) is 11.1 Å². The molecule has 0 heterocycles. The summed E-state index contributed by atoms with van der Waals surface area (Å²) in [5.74, 6) is -1.92. The van der Waals surface area contributed by atoms with Crippen LogP contribution in [-0.4, -0.2) is 22.2 Å². The first-order valence-corrected chi connectivity index (χ1v) is 12.7. The molecule has 0 unspecified atom stereocenters. The normalized spacial score (nSPS) is 13.2. The average molecular weight is 507 g/mol. The maximum absolute atomic E-state index is 11.8. The highest BCUT2D eigenvalue weighted by molar-refractivity contribution is 6.02. The number of hydrogen-bond donors (Lipinski definition) is 2. The molecule has 4 heteroatoms. The third-order valence-corrected chi connectivity index (χ3v) is 8.02. The summed E-state index contributed by atoms with van der Waals surface area (Å²) in [6, 6.07) is 39.6. The van der Waals surface area contributed by atoms with Crippen molar-refractivity contribution in [2.75, 3.05) is 0 Å². The zero-order valence-corrected chi connectivity index (χ0v) is 20.8. The van der Waals surface area contributed by atoms with Crippen LogP contribution >= 0.6 is 0 Å². The standard InChI is InChI=1S/C35H22O4/c36-33(37)23-15-17-25-21(19-23)7-5-13-29(25)35(30-14-6-8-22-20-24(34(38)39)16-18-26(22)30)31-11-3-1-9-27(31)28-10-2-4-12-32(28)35/h1-20H,(H,36,37)(H,38,39). The second-order valence-corrected chi connectivity index (χ2v) is 9.93. The summed E-state index contributed by atoms with van der Waals surface area (Å²) in [5, 5.41) is 22.9. The van der Waals surface area contributed by atoms with Gasteiger partial charge in [-0.3, -0.25) is 0 Å². The lowest BCUT2D eigenvalue weighted by Gasteiger charge is -2.36. The molecule has 2 N–H and O–H groups in total. The van der Waals surface area contributed by atoms with Crippen molar-refractivity contribution in [1.82, 2.24) is 0 Å². The van der Waals surface area contributed by atoms with Crippen LogP contribution in [0.5, 0.6) is 0 Å². The third kappa shape index (κ3) is 3.18. The smallest absolute Gasteiger partial charge is 0.335 e. The van der Waals surface area contributed by atoms with Gasteiger partial charge in [-0.15, -0.1) is 0 Å². The number of fused-ring (bicyclic) bond motifs is 5. The fourth-order valence-corrected chi connectivity index (χ4v) is 6.45. The van der Waals surface area contributed by atoms with Gasteiger partial charge in [0.25, 0.3) is 0 Å². The molecule has 0 fully saturated rings. The van der Waals surface area contributed by atoms with Gasteiger partial charge in [0, 0.05) is 0 Å². The van der Waals surface area contributed by atoms with Crippen molar-refractivity contribution in [2.24, 2.45) is 0 Å². The van der Waals surface area contributed by atoms with Crippen LogP contribution in [0, 0.1) is 0 Å². The molecule has 0 spiro atoms. The molecule has 7 rings (SSSR count). The largest absolute Gasteiger partial charge is 0.478 e. The van der Waals surface area contributed by atoms with Gasteiger partial charge in [-0.25, -0.2) is 9.59 Å². The van der Waals surface area contributed by atoms with Crippen LogP contribution in [0.2, 0.25) is 0 Å². The number of rotatable bonds is 4. The Hall–Kier alpha value is -5.22. The predicted octanol–water partition coefficient (Wildman–Crippen LogP) is 7.75. The molecule has 186 valence electrons. The summed E-state index contributed by atoms with van der Waals surface area (Å²) >= 11 is 0. The first-order chi connectivity index (χ1) is 19.0. The molecule has 6 aromatic rings. The lowest BCUT2D eigenvalue weighted by molar-refractivity contribution is 0.0686. The monoisotopic (exact) mass is 506 g/mol. The van der Waals surface area contributed by atoms with E-state index in [0.717, 1.165) is 54.9 Å². The van der Waals surface area contributed by atoms with Crippen LogP contribution in [0.15, 0.2) is 121 Å². The molecule has 0 radical (unpaired) electrons. The molecule has 0 saturated heterocycles. The summed E-state index contributed by atoms with van der Waals surface area (Å²) in [6.07, 6.45) is 0. The molecule has 0 atom stereocenters. The van der Waals surface area contributed by atoms with E-state index < -0.39 is 17.4 Å². The predicted molar refractivity (Wildman–Crippen MR) is 153 cm³/mol. The zero-order valence-electron chi connectivity index (χ0n) is 20.8. The van der Waals surface area contributed by atoms with Gasteiger partial charge >= 0.3 is 11.9 Å². The molecule has 0 amide bonds. The maximum atomic E-state index is 11.8. The van der Waals surface area contributed by atoms with Gasteiger partial charge < -0.3 is 10.2 Å². The van der Waals surface area contributed by atoms with Crippen LogP contribution < -0.4 is 0 Å². The number of carbonyl (C=O) groups is 2. The molecule has 39 heavy (non-hydrogen) atoms. The Morgan fingerprint density at radius 1 is 0.462 bits per heavy atom. The second-order valence-electron chi connectivity index (χ2n) is 9.93. The Labute approximate surface area is 224 Å². The first kappa shape index (κ1) is 22.9. The molecular formula is C35H22O4. The molecule has 4 nitrogen and oxygen atoms in total. The Morgan fingerprint density at radius 2 is 0.872 bits per heavy atom. The van der Waals surface area contributed by atoms with Crippen molar-refractivity contribution >= 4 is 33.5 Å². The van der Waals surface area contributed by atoms with Crippen molar-refractivity contribution in [3.8, 4) is 11.1 Å². The van der Waals surface area contributed by atoms with Crippen molar-refractivity contribution in [3.05, 3.63) is 155 Å². The van der Waals surface area contributed by atoms with E-state index in [1.165, 1.54) is 0 Å². The fourth-order valence-electron chi connectivity index (χ4n) is 6.45. The molecule has 0 saturated carbocycles. The molecule has 1 aliphatic rings. The van der Waals surface area contributed by atoms with Crippen molar-refractivity contribution < 1.29 is 19.8 Å². The van der Waals surface area contributed by atoms with Gasteiger partial charge in [-0.1, -0.05) is 97.1 Å². The highest BCUT2D eigenvalue weighted by Gasteiger charge is 2.47. The molecule has 6 aromatic carbocycles. The Kier molecular flexibility index (Phi) is 4.94. The van der Waals surface area contributed by atoms with E-state index >= 15 is 0 Å². The summed E-state index contributed by atoms with van der Waals surface area (Å²) < 4.78 is 0. The van der Waals surface area contributed by atoms with Gasteiger partial charge in [-0.2, -0.15) is 0 Å². The number of aromatic carboxylic acids is 2. The van der Waals surface area contributed by atoms with Gasteiger partial charge in [0.2, 0.25) is 0 Å². The third-order valence-electron chi connectivity index (χ3n) is 8.02. The number of hydrogen-bond acceptors (Lipinski definition) is 2. The van der Waals surface area contributed by atoms with Crippen LogP contribution in [-0.2, 0) is 5.41 Å². The summed E-state index contributed by atoms with van der Waals surface area (Å²) in [6.45, 7) is 0. The number of carboxylic acid groups (broad SMARTS) is 2. The van der Waals surface area contributed by atoms with Crippen LogP contribution in [0.4, 0.5) is 0 Å². The highest BCUT2D eigenvalue weighted by atomic mass is 16.4. The fraction of sp³-hybridized carbons (Fsp3) is 0.0286.